The van der Waals surface area contributed by atoms with Crippen molar-refractivity contribution in [2.75, 3.05) is 24.5 Å². The van der Waals surface area contributed by atoms with Gasteiger partial charge in [-0.2, -0.15) is 0 Å². The van der Waals surface area contributed by atoms with Crippen LogP contribution in [0.2, 0.25) is 0 Å². The predicted octanol–water partition coefficient (Wildman–Crippen LogP) is 0.620. The second-order valence-electron chi connectivity index (χ2n) is 7.77. The van der Waals surface area contributed by atoms with Crippen LogP contribution in [0.15, 0.2) is 42.5 Å². The molecule has 0 spiro atoms. The van der Waals surface area contributed by atoms with E-state index < -0.39 is 7.12 Å². The monoisotopic (exact) mass is 406 g/mol. The van der Waals surface area contributed by atoms with Crippen LogP contribution in [0.3, 0.4) is 0 Å². The minimum atomic E-state index is -1.77. The number of rotatable bonds is 4. The molecule has 4 rings (SSSR count). The van der Waals surface area contributed by atoms with Crippen molar-refractivity contribution in [2.24, 2.45) is 5.92 Å². The summed E-state index contributed by atoms with van der Waals surface area (Å²) in [6.07, 6.45) is 2.57. The number of hydrogen-bond donors (Lipinski definition) is 2. The topological polar surface area (TPSA) is 98.2 Å². The van der Waals surface area contributed by atoms with Crippen molar-refractivity contribution in [1.29, 1.82) is 0 Å². The van der Waals surface area contributed by atoms with Crippen LogP contribution in [0.1, 0.15) is 39.1 Å². The van der Waals surface area contributed by atoms with E-state index in [0.717, 1.165) is 12.1 Å². The third-order valence-electron chi connectivity index (χ3n) is 6.02. The van der Waals surface area contributed by atoms with Crippen LogP contribution in [0.5, 0.6) is 0 Å². The Morgan fingerprint density at radius 2 is 1.77 bits per heavy atom. The zero-order chi connectivity index (χ0) is 21.3. The highest BCUT2D eigenvalue weighted by Crippen LogP contribution is 2.31. The number of para-hydroxylation sites is 1. The lowest BCUT2D eigenvalue weighted by atomic mass is 9.76. The molecule has 0 bridgehead atoms. The average Bonchev–Trinajstić information content (AvgIpc) is 3.22. The van der Waals surface area contributed by atoms with Crippen molar-refractivity contribution in [3.63, 3.8) is 0 Å². The fraction of sp³-hybridized carbons (Fsp3) is 0.318. The predicted molar refractivity (Wildman–Crippen MR) is 113 cm³/mol. The molecule has 2 aromatic rings. The zero-order valence-electron chi connectivity index (χ0n) is 16.5. The molecule has 154 valence electrons. The molecule has 0 aliphatic carbocycles. The van der Waals surface area contributed by atoms with E-state index in [0.29, 0.717) is 44.3 Å². The minimum absolute atomic E-state index is 0.0664. The number of nitrogens with zero attached hydrogens (tertiary/aromatic N) is 2. The van der Waals surface area contributed by atoms with Crippen LogP contribution in [0, 0.1) is 5.92 Å². The molecule has 2 heterocycles. The first kappa shape index (κ1) is 20.3. The van der Waals surface area contributed by atoms with Gasteiger partial charge in [0.05, 0.1) is 0 Å². The molecule has 0 radical (unpaired) electrons. The van der Waals surface area contributed by atoms with Crippen LogP contribution < -0.4 is 10.4 Å². The Hall–Kier alpha value is -2.97. The SMILES string of the molecule is O=Cc1cc(C(=O)N2CCC(C(=O)N3CCc4ccccc43)CC2)ccc1B(O)O. The molecular weight excluding hydrogens is 383 g/mol. The highest BCUT2D eigenvalue weighted by Gasteiger charge is 2.33. The van der Waals surface area contributed by atoms with Crippen molar-refractivity contribution in [2.45, 2.75) is 19.3 Å². The molecule has 2 N–H and O–H groups in total. The smallest absolute Gasteiger partial charge is 0.423 e. The van der Waals surface area contributed by atoms with Gasteiger partial charge in [-0.1, -0.05) is 24.3 Å². The summed E-state index contributed by atoms with van der Waals surface area (Å²) in [6, 6.07) is 12.2. The van der Waals surface area contributed by atoms with Crippen molar-refractivity contribution in [3.05, 3.63) is 59.2 Å². The number of amides is 2. The summed E-state index contributed by atoms with van der Waals surface area (Å²) in [5, 5.41) is 18.6. The van der Waals surface area contributed by atoms with Crippen LogP contribution in [-0.4, -0.2) is 59.8 Å². The second kappa shape index (κ2) is 8.42. The van der Waals surface area contributed by atoms with Gasteiger partial charge in [-0.15, -0.1) is 0 Å². The number of hydrogen-bond acceptors (Lipinski definition) is 5. The Bertz CT molecular complexity index is 985. The van der Waals surface area contributed by atoms with E-state index >= 15 is 0 Å². The molecule has 1 fully saturated rings. The molecule has 2 aromatic carbocycles. The maximum Gasteiger partial charge on any atom is 0.489 e. The van der Waals surface area contributed by atoms with Crippen molar-refractivity contribution in [3.8, 4) is 0 Å². The molecule has 8 heteroatoms. The molecule has 1 saturated heterocycles. The Kier molecular flexibility index (Phi) is 5.70. The molecule has 2 aliphatic rings. The van der Waals surface area contributed by atoms with Gasteiger partial charge in [0.15, 0.2) is 0 Å². The highest BCUT2D eigenvalue weighted by atomic mass is 16.4. The van der Waals surface area contributed by atoms with Gasteiger partial charge in [-0.3, -0.25) is 14.4 Å². The standard InChI is InChI=1S/C22H23BN2O5/c26-14-18-13-17(5-6-19(18)23(29)30)21(27)24-10-7-16(8-11-24)22(28)25-12-9-15-3-1-2-4-20(15)25/h1-6,13-14,16,29-30H,7-12H2. The van der Waals surface area contributed by atoms with Gasteiger partial charge in [-0.05, 0) is 48.5 Å². The maximum absolute atomic E-state index is 13.0. The number of aldehydes is 1. The van der Waals surface area contributed by atoms with E-state index in [9.17, 15) is 24.4 Å². The normalized spacial score (nSPS) is 16.3. The molecule has 30 heavy (non-hydrogen) atoms. The Morgan fingerprint density at radius 1 is 1.03 bits per heavy atom. The number of benzene rings is 2. The summed E-state index contributed by atoms with van der Waals surface area (Å²) in [5.74, 6) is -0.219. The molecule has 7 nitrogen and oxygen atoms in total. The summed E-state index contributed by atoms with van der Waals surface area (Å²) >= 11 is 0. The summed E-state index contributed by atoms with van der Waals surface area (Å²) < 4.78 is 0. The van der Waals surface area contributed by atoms with Crippen molar-refractivity contribution < 1.29 is 24.4 Å². The third-order valence-corrected chi connectivity index (χ3v) is 6.02. The number of carbonyl (C=O) groups is 3. The van der Waals surface area contributed by atoms with Gasteiger partial charge in [0.1, 0.15) is 6.29 Å². The van der Waals surface area contributed by atoms with E-state index in [4.69, 9.17) is 0 Å². The fourth-order valence-corrected chi connectivity index (χ4v) is 4.34. The van der Waals surface area contributed by atoms with E-state index in [2.05, 4.69) is 6.07 Å². The lowest BCUT2D eigenvalue weighted by Crippen LogP contribution is -2.44. The van der Waals surface area contributed by atoms with Crippen LogP contribution in [0.4, 0.5) is 5.69 Å². The number of fused-ring (bicyclic) bond motifs is 1. The summed E-state index contributed by atoms with van der Waals surface area (Å²) in [4.78, 5) is 40.6. The highest BCUT2D eigenvalue weighted by molar-refractivity contribution is 6.60. The number of anilines is 1. The van der Waals surface area contributed by atoms with Crippen molar-refractivity contribution >= 4 is 36.4 Å². The van der Waals surface area contributed by atoms with E-state index in [-0.39, 0.29) is 28.8 Å². The molecule has 0 unspecified atom stereocenters. The number of carbonyl (C=O) groups excluding carboxylic acids is 3. The quantitative estimate of drug-likeness (QED) is 0.573. The first-order valence-electron chi connectivity index (χ1n) is 10.1. The third kappa shape index (κ3) is 3.76. The summed E-state index contributed by atoms with van der Waals surface area (Å²) in [6.45, 7) is 1.63. The lowest BCUT2D eigenvalue weighted by molar-refractivity contribution is -0.123. The van der Waals surface area contributed by atoms with Gasteiger partial charge < -0.3 is 19.8 Å². The van der Waals surface area contributed by atoms with Gasteiger partial charge in [0.25, 0.3) is 5.91 Å². The summed E-state index contributed by atoms with van der Waals surface area (Å²) in [7, 11) is -1.77. The maximum atomic E-state index is 13.0. The Balaban J connectivity index is 1.41. The second-order valence-corrected chi connectivity index (χ2v) is 7.77. The number of piperidine rings is 1. The average molecular weight is 406 g/mol. The zero-order valence-corrected chi connectivity index (χ0v) is 16.5. The number of likely N-dealkylation sites (tertiary alicyclic amines) is 1. The molecule has 2 amide bonds. The van der Waals surface area contributed by atoms with E-state index in [1.54, 1.807) is 4.90 Å². The largest absolute Gasteiger partial charge is 0.489 e. The van der Waals surface area contributed by atoms with E-state index in [1.807, 2.05) is 23.1 Å². The van der Waals surface area contributed by atoms with Crippen molar-refractivity contribution in [1.82, 2.24) is 4.90 Å². The lowest BCUT2D eigenvalue weighted by Gasteiger charge is -2.33. The van der Waals surface area contributed by atoms with Gasteiger partial charge in [-0.25, -0.2) is 0 Å². The molecule has 0 saturated carbocycles. The first-order chi connectivity index (χ1) is 14.5. The van der Waals surface area contributed by atoms with Crippen LogP contribution >= 0.6 is 0 Å². The Labute approximate surface area is 175 Å². The minimum Gasteiger partial charge on any atom is -0.423 e. The first-order valence-corrected chi connectivity index (χ1v) is 10.1. The molecule has 0 aromatic heterocycles. The Morgan fingerprint density at radius 3 is 2.47 bits per heavy atom. The van der Waals surface area contributed by atoms with Gasteiger partial charge in [0, 0.05) is 42.4 Å². The van der Waals surface area contributed by atoms with Gasteiger partial charge in [0.2, 0.25) is 5.91 Å². The van der Waals surface area contributed by atoms with Gasteiger partial charge >= 0.3 is 7.12 Å². The summed E-state index contributed by atoms with van der Waals surface area (Å²) in [5.41, 5.74) is 2.65. The molecule has 2 aliphatic heterocycles. The van der Waals surface area contributed by atoms with Crippen LogP contribution in [-0.2, 0) is 11.2 Å². The molecular formula is C22H23BN2O5. The molecule has 0 atom stereocenters. The van der Waals surface area contributed by atoms with Crippen LogP contribution in [0.25, 0.3) is 0 Å². The van der Waals surface area contributed by atoms with E-state index in [1.165, 1.54) is 23.8 Å². The fourth-order valence-electron chi connectivity index (χ4n) is 4.34.